The minimum absolute atomic E-state index is 0.00257. The summed E-state index contributed by atoms with van der Waals surface area (Å²) in [7, 11) is 0. The van der Waals surface area contributed by atoms with E-state index < -0.39 is 0 Å². The van der Waals surface area contributed by atoms with Crippen LogP contribution >= 0.6 is 0 Å². The quantitative estimate of drug-likeness (QED) is 0.395. The van der Waals surface area contributed by atoms with E-state index in [0.29, 0.717) is 30.1 Å². The van der Waals surface area contributed by atoms with Gasteiger partial charge in [0.25, 0.3) is 5.91 Å². The number of fused-ring (bicyclic) bond motifs is 1. The third kappa shape index (κ3) is 4.65. The first-order valence-electron chi connectivity index (χ1n) is 11.6. The average molecular weight is 474 g/mol. The normalized spacial score (nSPS) is 15.4. The smallest absolute Gasteiger partial charge is 0.320 e. The third-order valence-corrected chi connectivity index (χ3v) is 5.99. The lowest BCUT2D eigenvalue weighted by Gasteiger charge is -2.18. The Bertz CT molecular complexity index is 1360. The molecule has 4 aromatic rings. The van der Waals surface area contributed by atoms with E-state index in [1.54, 1.807) is 21.6 Å². The highest BCUT2D eigenvalue weighted by atomic mass is 16.2. The van der Waals surface area contributed by atoms with Gasteiger partial charge in [0.2, 0.25) is 0 Å². The molecule has 1 fully saturated rings. The summed E-state index contributed by atoms with van der Waals surface area (Å²) in [4.78, 5) is 31.2. The highest BCUT2D eigenvalue weighted by Crippen LogP contribution is 2.20. The number of aromatic nitrogens is 5. The number of anilines is 2. The first kappa shape index (κ1) is 22.4. The second-order valence-electron chi connectivity index (χ2n) is 8.40. The highest BCUT2D eigenvalue weighted by Gasteiger charge is 2.27. The van der Waals surface area contributed by atoms with Crippen molar-refractivity contribution in [2.24, 2.45) is 0 Å². The van der Waals surface area contributed by atoms with Gasteiger partial charge in [-0.25, -0.2) is 19.0 Å². The lowest BCUT2D eigenvalue weighted by atomic mass is 10.2. The summed E-state index contributed by atoms with van der Waals surface area (Å²) in [6.45, 7) is 5.69. The molecule has 0 aliphatic carbocycles. The lowest BCUT2D eigenvalue weighted by Crippen LogP contribution is -2.37. The molecule has 5 rings (SSSR count). The Morgan fingerprint density at radius 1 is 1.14 bits per heavy atom. The van der Waals surface area contributed by atoms with Crippen LogP contribution in [0.5, 0.6) is 0 Å². The van der Waals surface area contributed by atoms with Crippen LogP contribution in [-0.4, -0.2) is 62.0 Å². The fourth-order valence-corrected chi connectivity index (χ4v) is 4.23. The van der Waals surface area contributed by atoms with E-state index in [1.807, 2.05) is 56.3 Å². The number of carbonyl (C=O) groups is 2. The third-order valence-electron chi connectivity index (χ3n) is 5.99. The van der Waals surface area contributed by atoms with E-state index in [9.17, 15) is 9.59 Å². The molecule has 1 aromatic carbocycles. The zero-order valence-electron chi connectivity index (χ0n) is 19.6. The summed E-state index contributed by atoms with van der Waals surface area (Å²) in [5, 5.41) is 17.5. The van der Waals surface area contributed by atoms with Gasteiger partial charge in [-0.05, 0) is 44.5 Å². The summed E-state index contributed by atoms with van der Waals surface area (Å²) in [5.41, 5.74) is 2.92. The maximum atomic E-state index is 13.0. The summed E-state index contributed by atoms with van der Waals surface area (Å²) in [6.07, 6.45) is 4.10. The van der Waals surface area contributed by atoms with Gasteiger partial charge >= 0.3 is 6.03 Å². The Morgan fingerprint density at radius 3 is 2.77 bits per heavy atom. The maximum Gasteiger partial charge on any atom is 0.320 e. The van der Waals surface area contributed by atoms with Gasteiger partial charge < -0.3 is 15.5 Å². The molecule has 1 aliphatic rings. The van der Waals surface area contributed by atoms with Crippen LogP contribution in [0.1, 0.15) is 29.4 Å². The maximum absolute atomic E-state index is 13.0. The van der Waals surface area contributed by atoms with Crippen LogP contribution in [0.15, 0.2) is 54.9 Å². The summed E-state index contributed by atoms with van der Waals surface area (Å²) < 4.78 is 3.42. The van der Waals surface area contributed by atoms with Crippen molar-refractivity contribution in [2.45, 2.75) is 26.3 Å². The van der Waals surface area contributed by atoms with Crippen LogP contribution in [0.2, 0.25) is 0 Å². The number of amides is 3. The Balaban J connectivity index is 1.23. The van der Waals surface area contributed by atoms with Gasteiger partial charge in [-0.1, -0.05) is 18.2 Å². The molecular weight excluding hydrogens is 446 g/mol. The van der Waals surface area contributed by atoms with Gasteiger partial charge in [0.05, 0.1) is 29.3 Å². The van der Waals surface area contributed by atoms with Crippen molar-refractivity contribution in [3.63, 3.8) is 0 Å². The van der Waals surface area contributed by atoms with E-state index >= 15 is 0 Å². The number of hydrogen-bond acceptors (Lipinski definition) is 6. The second kappa shape index (κ2) is 9.45. The zero-order valence-corrected chi connectivity index (χ0v) is 19.6. The van der Waals surface area contributed by atoms with Crippen molar-refractivity contribution >= 4 is 29.2 Å². The SMILES string of the molecule is CCNC(=O)Nc1cn2nc(N3CC[C@H](NC(=O)c4cnn(-c5ccccc5)c4C)C3)ccc2n1. The molecule has 4 heterocycles. The fraction of sp³-hybridized carbons (Fsp3) is 0.292. The Morgan fingerprint density at radius 2 is 1.97 bits per heavy atom. The minimum atomic E-state index is -0.307. The average Bonchev–Trinajstić information content (AvgIpc) is 3.57. The summed E-state index contributed by atoms with van der Waals surface area (Å²) in [6, 6.07) is 13.2. The number of urea groups is 1. The Kier molecular flexibility index (Phi) is 6.04. The van der Waals surface area contributed by atoms with Gasteiger partial charge in [0.15, 0.2) is 11.5 Å². The van der Waals surface area contributed by atoms with Crippen LogP contribution in [0.3, 0.4) is 0 Å². The van der Waals surface area contributed by atoms with Crippen LogP contribution in [0.4, 0.5) is 16.4 Å². The molecule has 35 heavy (non-hydrogen) atoms. The number of benzene rings is 1. The first-order chi connectivity index (χ1) is 17.0. The van der Waals surface area contributed by atoms with Crippen molar-refractivity contribution in [2.75, 3.05) is 29.9 Å². The van der Waals surface area contributed by atoms with E-state index in [2.05, 4.69) is 36.0 Å². The zero-order chi connectivity index (χ0) is 24.4. The number of nitrogens with zero attached hydrogens (tertiary/aromatic N) is 6. The first-order valence-corrected chi connectivity index (χ1v) is 11.6. The molecule has 11 heteroatoms. The van der Waals surface area contributed by atoms with Gasteiger partial charge in [0, 0.05) is 25.7 Å². The molecule has 11 nitrogen and oxygen atoms in total. The van der Waals surface area contributed by atoms with E-state index in [-0.39, 0.29) is 18.0 Å². The second-order valence-corrected chi connectivity index (χ2v) is 8.40. The Labute approximate surface area is 202 Å². The van der Waals surface area contributed by atoms with Crippen molar-refractivity contribution in [3.8, 4) is 5.69 Å². The predicted molar refractivity (Wildman–Crippen MR) is 132 cm³/mol. The minimum Gasteiger partial charge on any atom is -0.353 e. The van der Waals surface area contributed by atoms with Crippen molar-refractivity contribution in [1.82, 2.24) is 35.0 Å². The monoisotopic (exact) mass is 473 g/mol. The molecule has 0 spiro atoms. The molecule has 180 valence electrons. The molecule has 0 unspecified atom stereocenters. The largest absolute Gasteiger partial charge is 0.353 e. The van der Waals surface area contributed by atoms with Crippen LogP contribution in [0.25, 0.3) is 11.3 Å². The van der Waals surface area contributed by atoms with E-state index in [1.165, 1.54) is 0 Å². The predicted octanol–water partition coefficient (Wildman–Crippen LogP) is 2.37. The van der Waals surface area contributed by atoms with Crippen molar-refractivity contribution < 1.29 is 9.59 Å². The number of carbonyl (C=O) groups excluding carboxylic acids is 2. The molecule has 3 aromatic heterocycles. The molecule has 0 radical (unpaired) electrons. The summed E-state index contributed by atoms with van der Waals surface area (Å²) in [5.74, 6) is 1.08. The topological polar surface area (TPSA) is 121 Å². The number of hydrogen-bond donors (Lipinski definition) is 3. The van der Waals surface area contributed by atoms with Gasteiger partial charge in [-0.2, -0.15) is 5.10 Å². The van der Waals surface area contributed by atoms with E-state index in [0.717, 1.165) is 30.2 Å². The number of para-hydroxylation sites is 1. The van der Waals surface area contributed by atoms with E-state index in [4.69, 9.17) is 0 Å². The molecule has 3 N–H and O–H groups in total. The molecule has 1 aliphatic heterocycles. The van der Waals surface area contributed by atoms with Crippen molar-refractivity contribution in [1.29, 1.82) is 0 Å². The number of imidazole rings is 1. The molecule has 3 amide bonds. The highest BCUT2D eigenvalue weighted by molar-refractivity contribution is 5.95. The number of rotatable bonds is 6. The van der Waals surface area contributed by atoms with Gasteiger partial charge in [0.1, 0.15) is 5.82 Å². The molecule has 1 atom stereocenters. The number of nitrogens with one attached hydrogen (secondary N) is 3. The van der Waals surface area contributed by atoms with Crippen LogP contribution in [-0.2, 0) is 0 Å². The summed E-state index contributed by atoms with van der Waals surface area (Å²) >= 11 is 0. The van der Waals surface area contributed by atoms with Gasteiger partial charge in [-0.15, -0.1) is 5.10 Å². The lowest BCUT2D eigenvalue weighted by molar-refractivity contribution is 0.0939. The van der Waals surface area contributed by atoms with Crippen LogP contribution in [0, 0.1) is 6.92 Å². The molecule has 0 bridgehead atoms. The molecular formula is C24H27N9O2. The fourth-order valence-electron chi connectivity index (χ4n) is 4.23. The van der Waals surface area contributed by atoms with Crippen LogP contribution < -0.4 is 20.9 Å². The molecule has 1 saturated heterocycles. The molecule has 0 saturated carbocycles. The Hall–Kier alpha value is -4.41. The standard InChI is InChI=1S/C24H27N9O2/c1-3-25-24(35)29-20-15-32-21(28-20)9-10-22(30-32)31-12-11-17(14-31)27-23(34)19-13-26-33(16(19)2)18-7-5-4-6-8-18/h4-10,13,15,17H,3,11-12,14H2,1-2H3,(H,27,34)(H2,25,29,35)/t17-/m0/s1. The van der Waals surface area contributed by atoms with Gasteiger partial charge in [-0.3, -0.25) is 10.1 Å². The van der Waals surface area contributed by atoms with Crippen molar-refractivity contribution in [3.05, 3.63) is 66.1 Å².